The van der Waals surface area contributed by atoms with Gasteiger partial charge in [0.1, 0.15) is 0 Å². The van der Waals surface area contributed by atoms with Gasteiger partial charge < -0.3 is 0 Å². The molecule has 0 amide bonds. The summed E-state index contributed by atoms with van der Waals surface area (Å²) in [5.41, 5.74) is 7.95. The molecule has 2 atom stereocenters. The zero-order valence-electron chi connectivity index (χ0n) is 19.9. The molecule has 3 aliphatic rings. The summed E-state index contributed by atoms with van der Waals surface area (Å²) in [6.45, 7) is 12.4. The average molecular weight is 605 g/mol. The van der Waals surface area contributed by atoms with Crippen molar-refractivity contribution in [1.29, 1.82) is 0 Å². The van der Waals surface area contributed by atoms with Crippen molar-refractivity contribution in [3.05, 3.63) is 64.3 Å². The van der Waals surface area contributed by atoms with Crippen molar-refractivity contribution in [3.8, 4) is 0 Å². The number of aryl methyl sites for hydroxylation is 2. The number of benzene rings is 1. The molecule has 0 aliphatic heterocycles. The molecule has 0 N–H and O–H groups in total. The van der Waals surface area contributed by atoms with Gasteiger partial charge in [0.05, 0.1) is 0 Å². The van der Waals surface area contributed by atoms with Crippen molar-refractivity contribution < 1.29 is 11.3 Å². The Hall–Kier alpha value is -0.0392. The molecule has 0 saturated carbocycles. The molecule has 0 radical (unpaired) electrons. The number of rotatable bonds is 4. The van der Waals surface area contributed by atoms with Crippen LogP contribution in [0.15, 0.2) is 42.0 Å². The molecule has 29 heavy (non-hydrogen) atoms. The Balaban J connectivity index is 1.93. The van der Waals surface area contributed by atoms with E-state index in [9.17, 15) is 0 Å². The van der Waals surface area contributed by atoms with Crippen molar-refractivity contribution in [3.63, 3.8) is 0 Å². The van der Waals surface area contributed by atoms with Crippen molar-refractivity contribution >= 4 is 28.0 Å². The van der Waals surface area contributed by atoms with Gasteiger partial charge in [-0.1, -0.05) is 0 Å². The van der Waals surface area contributed by atoms with E-state index in [0.29, 0.717) is 7.35 Å². The van der Waals surface area contributed by atoms with Gasteiger partial charge in [-0.15, -0.1) is 0 Å². The maximum absolute atomic E-state index is 4.81. The Kier molecular flexibility index (Phi) is 3.57. The number of hydrogen-bond acceptors (Lipinski definition) is 0. The second-order valence-corrected chi connectivity index (χ2v) is 171. The van der Waals surface area contributed by atoms with Crippen LogP contribution < -0.4 is 0 Å². The minimum absolute atomic E-state index is 0.529. The Morgan fingerprint density at radius 1 is 0.931 bits per heavy atom. The molecule has 4 heteroatoms. The topological polar surface area (TPSA) is 0 Å². The Morgan fingerprint density at radius 2 is 1.55 bits per heavy atom. The standard InChI is InChI=1S/C12H11.C9H15Si.4CH3.Hf.2H2Si/c1-3-9-7-11-5-2-6-12(11)8-10(9)4-1;1-10(2,3)8-9-6-4-5-7-9;;;;;;;/h1,3-4,7-8H,2,5-6H2;4-7H,8H2,1-3H3;4*1H3;;2*1H2. The molecule has 1 aromatic carbocycles. The third kappa shape index (κ3) is 3.54. The number of hydrogen-bond donors (Lipinski definition) is 0. The molecule has 0 bridgehead atoms. The first-order chi connectivity index (χ1) is 12.7. The molecule has 4 rings (SSSR count). The zero-order valence-corrected chi connectivity index (χ0v) is 27.4. The van der Waals surface area contributed by atoms with Crippen LogP contribution in [0.2, 0.25) is 48.1 Å². The van der Waals surface area contributed by atoms with Crippen molar-refractivity contribution in [1.82, 2.24) is 0 Å². The second kappa shape index (κ2) is 4.67. The van der Waals surface area contributed by atoms with Gasteiger partial charge in [-0.3, -0.25) is 0 Å². The number of allylic oxidation sites excluding steroid dienone is 5. The van der Waals surface area contributed by atoms with Crippen LogP contribution in [0.5, 0.6) is 0 Å². The first-order valence-electron chi connectivity index (χ1n) is 11.7. The summed E-state index contributed by atoms with van der Waals surface area (Å²) in [5.74, 6) is 0. The van der Waals surface area contributed by atoms with E-state index in [4.69, 9.17) is 0 Å². The van der Waals surface area contributed by atoms with E-state index in [1.807, 2.05) is 0 Å². The molecule has 1 aromatic rings. The van der Waals surface area contributed by atoms with E-state index in [-0.39, 0.29) is 0 Å². The van der Waals surface area contributed by atoms with Crippen LogP contribution in [0.25, 0.3) is 6.08 Å². The van der Waals surface area contributed by atoms with Crippen LogP contribution in [0, 0.1) is 0 Å². The SMILES string of the molecule is C[Si](C)(C)CC1=C[CH]([Hf]([CH3])([CH3])([CH3])([CH3])(=[SiH2])(=[SiH2])[CH]2C=Cc3cc4c(cc32)CCC4)C=C1. The Bertz CT molecular complexity index is 1290. The van der Waals surface area contributed by atoms with Crippen LogP contribution in [-0.2, 0) is 24.2 Å². The molecular formula is C25H42HfSi3. The third-order valence-corrected chi connectivity index (χ3v) is 55.8. The quantitative estimate of drug-likeness (QED) is 0.347. The summed E-state index contributed by atoms with van der Waals surface area (Å²) in [5, 5.41) is 0. The van der Waals surface area contributed by atoms with E-state index in [1.54, 1.807) is 22.3 Å². The molecule has 0 heterocycles. The summed E-state index contributed by atoms with van der Waals surface area (Å²) >= 11 is -4.81. The molecule has 0 fully saturated rings. The van der Waals surface area contributed by atoms with E-state index in [0.717, 1.165) is 0 Å². The van der Waals surface area contributed by atoms with Crippen molar-refractivity contribution in [2.24, 2.45) is 0 Å². The second-order valence-electron chi connectivity index (χ2n) is 17.7. The van der Waals surface area contributed by atoms with Gasteiger partial charge >= 0.3 is 175 Å². The Morgan fingerprint density at radius 3 is 2.17 bits per heavy atom. The summed E-state index contributed by atoms with van der Waals surface area (Å²) < 4.78 is 12.1. The van der Waals surface area contributed by atoms with Crippen molar-refractivity contribution in [2.75, 3.05) is 0 Å². The van der Waals surface area contributed by atoms with Gasteiger partial charge in [0.15, 0.2) is 0 Å². The predicted molar refractivity (Wildman–Crippen MR) is 140 cm³/mol. The van der Waals surface area contributed by atoms with Crippen LogP contribution in [0.4, 0.5) is 0 Å². The molecular weight excluding hydrogens is 563 g/mol. The van der Waals surface area contributed by atoms with Gasteiger partial charge in [-0.05, 0) is 0 Å². The van der Waals surface area contributed by atoms with E-state index in [2.05, 4.69) is 94.8 Å². The van der Waals surface area contributed by atoms with Crippen LogP contribution >= 0.6 is 0 Å². The van der Waals surface area contributed by atoms with E-state index >= 15 is 0 Å². The van der Waals surface area contributed by atoms with E-state index < -0.39 is 19.4 Å². The maximum atomic E-state index is 2.76. The molecule has 2 unspecified atom stereocenters. The fourth-order valence-corrected chi connectivity index (χ4v) is 40.3. The first kappa shape index (κ1) is 22.2. The fraction of sp³-hybridized carbons (Fsp3) is 0.520. The summed E-state index contributed by atoms with van der Waals surface area (Å²) in [6.07, 6.45) is 16.7. The first-order valence-corrected chi connectivity index (χ1v) is 50.6. The zero-order chi connectivity index (χ0) is 21.7. The Labute approximate surface area is 173 Å². The van der Waals surface area contributed by atoms with Crippen LogP contribution in [0.3, 0.4) is 0 Å². The van der Waals surface area contributed by atoms with Crippen molar-refractivity contribution in [2.45, 2.75) is 71.0 Å². The van der Waals surface area contributed by atoms with Crippen LogP contribution in [0.1, 0.15) is 32.3 Å². The van der Waals surface area contributed by atoms with Gasteiger partial charge in [0.2, 0.25) is 0 Å². The average Bonchev–Trinajstić information content (AvgIpc) is 3.19. The summed E-state index contributed by atoms with van der Waals surface area (Å²) in [7, 11) is -1.12. The molecule has 0 nitrogen and oxygen atoms in total. The normalized spacial score (nSPS) is 28.7. The number of fused-ring (bicyclic) bond motifs is 2. The molecule has 3 aliphatic carbocycles. The molecule has 158 valence electrons. The van der Waals surface area contributed by atoms with Gasteiger partial charge in [-0.25, -0.2) is 0 Å². The minimum atomic E-state index is -4.81. The van der Waals surface area contributed by atoms with Gasteiger partial charge in [-0.2, -0.15) is 0 Å². The summed E-state index contributed by atoms with van der Waals surface area (Å²) in [6, 6.07) is 6.43. The monoisotopic (exact) mass is 606 g/mol. The van der Waals surface area contributed by atoms with Gasteiger partial charge in [0.25, 0.3) is 0 Å². The third-order valence-electron chi connectivity index (χ3n) is 8.61. The molecule has 0 spiro atoms. The molecule has 0 saturated heterocycles. The van der Waals surface area contributed by atoms with E-state index in [1.165, 1.54) is 30.9 Å². The predicted octanol–water partition coefficient (Wildman–Crippen LogP) is 6.45. The summed E-state index contributed by atoms with van der Waals surface area (Å²) in [4.78, 5) is 0. The van der Waals surface area contributed by atoms with Crippen LogP contribution in [-0.4, -0.2) is 22.0 Å². The fourth-order valence-electron chi connectivity index (χ4n) is 6.47. The molecule has 0 aromatic heterocycles. The van der Waals surface area contributed by atoms with Gasteiger partial charge in [0, 0.05) is 0 Å².